The van der Waals surface area contributed by atoms with Gasteiger partial charge in [-0.2, -0.15) is 0 Å². The molecule has 0 fully saturated rings. The highest BCUT2D eigenvalue weighted by molar-refractivity contribution is 5.83. The molecule has 0 aliphatic rings. The molecule has 0 unspecified atom stereocenters. The van der Waals surface area contributed by atoms with E-state index in [1.807, 2.05) is 31.2 Å². The minimum Gasteiger partial charge on any atom is -0.493 e. The third kappa shape index (κ3) is 4.41. The van der Waals surface area contributed by atoms with E-state index in [4.69, 9.17) is 14.0 Å². The van der Waals surface area contributed by atoms with Gasteiger partial charge in [0.25, 0.3) is 5.89 Å². The van der Waals surface area contributed by atoms with Crippen LogP contribution in [0.3, 0.4) is 0 Å². The summed E-state index contributed by atoms with van der Waals surface area (Å²) in [5.41, 5.74) is 1.44. The molecule has 0 amide bonds. The molecule has 0 spiro atoms. The van der Waals surface area contributed by atoms with Crippen LogP contribution in [0.2, 0.25) is 0 Å². The van der Waals surface area contributed by atoms with Crippen LogP contribution >= 0.6 is 0 Å². The number of hydrogen-bond acceptors (Lipinski definition) is 6. The third-order valence-electron chi connectivity index (χ3n) is 3.23. The van der Waals surface area contributed by atoms with Gasteiger partial charge in [0, 0.05) is 11.1 Å². The van der Waals surface area contributed by atoms with Gasteiger partial charge in [-0.1, -0.05) is 17.3 Å². The summed E-state index contributed by atoms with van der Waals surface area (Å²) >= 11 is 0. The third-order valence-corrected chi connectivity index (χ3v) is 3.23. The predicted molar refractivity (Wildman–Crippen MR) is 89.7 cm³/mol. The molecule has 1 aromatic heterocycles. The van der Waals surface area contributed by atoms with Crippen LogP contribution in [-0.2, 0) is 11.4 Å². The highest BCUT2D eigenvalue weighted by Gasteiger charge is 2.09. The maximum absolute atomic E-state index is 12.9. The SMILES string of the molecule is CCOc1ccccc1/C=N/OCc1nnc(-c2ccc(F)cc2)o1. The van der Waals surface area contributed by atoms with E-state index in [9.17, 15) is 4.39 Å². The van der Waals surface area contributed by atoms with Crippen LogP contribution in [0.5, 0.6) is 5.75 Å². The van der Waals surface area contributed by atoms with Crippen molar-refractivity contribution >= 4 is 6.21 Å². The summed E-state index contributed by atoms with van der Waals surface area (Å²) in [7, 11) is 0. The normalized spacial score (nSPS) is 11.0. The van der Waals surface area contributed by atoms with E-state index in [1.54, 1.807) is 18.3 Å². The lowest BCUT2D eigenvalue weighted by molar-refractivity contribution is 0.112. The zero-order valence-corrected chi connectivity index (χ0v) is 13.6. The summed E-state index contributed by atoms with van der Waals surface area (Å²) in [6, 6.07) is 13.3. The molecule has 0 saturated carbocycles. The van der Waals surface area contributed by atoms with Gasteiger partial charge in [-0.3, -0.25) is 0 Å². The van der Waals surface area contributed by atoms with E-state index in [-0.39, 0.29) is 18.3 Å². The van der Waals surface area contributed by atoms with Crippen molar-refractivity contribution in [1.82, 2.24) is 10.2 Å². The summed E-state index contributed by atoms with van der Waals surface area (Å²) in [5, 5.41) is 11.7. The average molecular weight is 341 g/mol. The molecule has 0 aliphatic carbocycles. The minimum atomic E-state index is -0.325. The zero-order valence-electron chi connectivity index (χ0n) is 13.6. The number of halogens is 1. The van der Waals surface area contributed by atoms with E-state index < -0.39 is 0 Å². The predicted octanol–water partition coefficient (Wildman–Crippen LogP) is 3.83. The Labute approximate surface area is 143 Å². The summed E-state index contributed by atoms with van der Waals surface area (Å²) in [6.07, 6.45) is 1.56. The Morgan fingerprint density at radius 3 is 2.72 bits per heavy atom. The Morgan fingerprint density at radius 1 is 1.12 bits per heavy atom. The number of para-hydroxylation sites is 1. The van der Waals surface area contributed by atoms with Gasteiger partial charge in [0.1, 0.15) is 11.6 Å². The first-order valence-corrected chi connectivity index (χ1v) is 7.71. The Kier molecular flexibility index (Phi) is 5.36. The highest BCUT2D eigenvalue weighted by atomic mass is 19.1. The van der Waals surface area contributed by atoms with Gasteiger partial charge >= 0.3 is 0 Å². The molecule has 2 aromatic carbocycles. The van der Waals surface area contributed by atoms with Gasteiger partial charge in [-0.05, 0) is 43.3 Å². The van der Waals surface area contributed by atoms with Crippen molar-refractivity contribution in [3.8, 4) is 17.2 Å². The fourth-order valence-electron chi connectivity index (χ4n) is 2.08. The molecule has 6 nitrogen and oxygen atoms in total. The molecule has 7 heteroatoms. The lowest BCUT2D eigenvalue weighted by Crippen LogP contribution is -1.96. The number of hydrogen-bond donors (Lipinski definition) is 0. The van der Waals surface area contributed by atoms with Crippen molar-refractivity contribution in [2.45, 2.75) is 13.5 Å². The Bertz CT molecular complexity index is 847. The molecule has 1 heterocycles. The second kappa shape index (κ2) is 8.05. The molecule has 3 rings (SSSR count). The van der Waals surface area contributed by atoms with Crippen molar-refractivity contribution < 1.29 is 18.4 Å². The molecular formula is C18H16FN3O3. The van der Waals surface area contributed by atoms with Crippen LogP contribution in [0, 0.1) is 5.82 Å². The van der Waals surface area contributed by atoms with Crippen molar-refractivity contribution in [1.29, 1.82) is 0 Å². The topological polar surface area (TPSA) is 69.7 Å². The molecule has 0 atom stereocenters. The van der Waals surface area contributed by atoms with Crippen LogP contribution in [0.1, 0.15) is 18.4 Å². The van der Waals surface area contributed by atoms with E-state index in [0.717, 1.165) is 11.3 Å². The fourth-order valence-corrected chi connectivity index (χ4v) is 2.08. The number of aromatic nitrogens is 2. The summed E-state index contributed by atoms with van der Waals surface area (Å²) in [4.78, 5) is 5.18. The quantitative estimate of drug-likeness (QED) is 0.482. The summed E-state index contributed by atoms with van der Waals surface area (Å²) in [6.45, 7) is 2.51. The summed E-state index contributed by atoms with van der Waals surface area (Å²) in [5.74, 6) is 0.973. The molecule has 0 aliphatic heterocycles. The van der Waals surface area contributed by atoms with Gasteiger partial charge < -0.3 is 14.0 Å². The Balaban J connectivity index is 1.59. The second-order valence-corrected chi connectivity index (χ2v) is 4.99. The first kappa shape index (κ1) is 16.6. The monoisotopic (exact) mass is 341 g/mol. The molecule has 25 heavy (non-hydrogen) atoms. The van der Waals surface area contributed by atoms with Crippen molar-refractivity contribution in [2.75, 3.05) is 6.61 Å². The van der Waals surface area contributed by atoms with E-state index >= 15 is 0 Å². The van der Waals surface area contributed by atoms with Gasteiger partial charge in [0.05, 0.1) is 12.8 Å². The number of oxime groups is 1. The Morgan fingerprint density at radius 2 is 1.92 bits per heavy atom. The van der Waals surface area contributed by atoms with Crippen LogP contribution in [-0.4, -0.2) is 23.0 Å². The minimum absolute atomic E-state index is 0.0293. The molecular weight excluding hydrogens is 325 g/mol. The maximum Gasteiger partial charge on any atom is 0.257 e. The van der Waals surface area contributed by atoms with E-state index in [0.29, 0.717) is 18.1 Å². The first-order chi connectivity index (χ1) is 12.3. The lowest BCUT2D eigenvalue weighted by atomic mass is 10.2. The fraction of sp³-hybridized carbons (Fsp3) is 0.167. The molecule has 0 saturated heterocycles. The van der Waals surface area contributed by atoms with E-state index in [2.05, 4.69) is 15.4 Å². The number of rotatable bonds is 7. The van der Waals surface area contributed by atoms with Crippen LogP contribution in [0.4, 0.5) is 4.39 Å². The zero-order chi connectivity index (χ0) is 17.5. The average Bonchev–Trinajstić information content (AvgIpc) is 3.10. The molecule has 0 bridgehead atoms. The first-order valence-electron chi connectivity index (χ1n) is 7.71. The standard InChI is InChI=1S/C18H16FN3O3/c1-2-23-16-6-4-3-5-14(16)11-20-24-12-17-21-22-18(25-17)13-7-9-15(19)10-8-13/h3-11H,2,12H2,1H3/b20-11+. The molecule has 0 N–H and O–H groups in total. The number of benzene rings is 2. The van der Waals surface area contributed by atoms with Crippen molar-refractivity contribution in [2.24, 2.45) is 5.16 Å². The molecule has 3 aromatic rings. The van der Waals surface area contributed by atoms with Crippen LogP contribution in [0.15, 0.2) is 58.1 Å². The van der Waals surface area contributed by atoms with Crippen LogP contribution < -0.4 is 4.74 Å². The molecule has 128 valence electrons. The smallest absolute Gasteiger partial charge is 0.257 e. The summed E-state index contributed by atoms with van der Waals surface area (Å²) < 4.78 is 23.9. The van der Waals surface area contributed by atoms with Crippen LogP contribution in [0.25, 0.3) is 11.5 Å². The van der Waals surface area contributed by atoms with Gasteiger partial charge in [-0.15, -0.1) is 10.2 Å². The number of ether oxygens (including phenoxy) is 1. The highest BCUT2D eigenvalue weighted by Crippen LogP contribution is 2.18. The maximum atomic E-state index is 12.9. The second-order valence-electron chi connectivity index (χ2n) is 4.99. The Hall–Kier alpha value is -3.22. The van der Waals surface area contributed by atoms with Gasteiger partial charge in [-0.25, -0.2) is 4.39 Å². The van der Waals surface area contributed by atoms with E-state index in [1.165, 1.54) is 12.1 Å². The number of nitrogens with zero attached hydrogens (tertiary/aromatic N) is 3. The van der Waals surface area contributed by atoms with Gasteiger partial charge in [0.15, 0.2) is 6.61 Å². The molecule has 0 radical (unpaired) electrons. The lowest BCUT2D eigenvalue weighted by Gasteiger charge is -2.05. The largest absolute Gasteiger partial charge is 0.493 e. The van der Waals surface area contributed by atoms with Crippen molar-refractivity contribution in [3.63, 3.8) is 0 Å². The van der Waals surface area contributed by atoms with Crippen molar-refractivity contribution in [3.05, 3.63) is 65.8 Å². The van der Waals surface area contributed by atoms with Gasteiger partial charge in [0.2, 0.25) is 5.89 Å².